The Kier molecular flexibility index (Phi) is 5.98. The van der Waals surface area contributed by atoms with Gasteiger partial charge in [-0.1, -0.05) is 82.8 Å². The fourth-order valence-corrected chi connectivity index (χ4v) is 5.39. The number of phenols is 2. The summed E-state index contributed by atoms with van der Waals surface area (Å²) in [4.78, 5) is 0. The van der Waals surface area contributed by atoms with Crippen molar-refractivity contribution >= 4 is 56.5 Å². The van der Waals surface area contributed by atoms with Gasteiger partial charge in [0.05, 0.1) is 10.0 Å². The normalized spacial score (nSPS) is 13.8. The zero-order chi connectivity index (χ0) is 21.6. The number of para-hydroxylation sites is 1. The molecule has 1 unspecified atom stereocenters. The Morgan fingerprint density at radius 3 is 1.83 bits per heavy atom. The van der Waals surface area contributed by atoms with Gasteiger partial charge >= 0.3 is 0 Å². The molecule has 0 aliphatic rings. The van der Waals surface area contributed by atoms with E-state index in [1.54, 1.807) is 6.07 Å². The second kappa shape index (κ2) is 7.87. The number of rotatable bonds is 4. The monoisotopic (exact) mass is 492 g/mol. The van der Waals surface area contributed by atoms with Crippen LogP contribution in [0.5, 0.6) is 11.5 Å². The minimum absolute atomic E-state index is 0.0494. The molecular formula is C19H12Cl4O5S. The van der Waals surface area contributed by atoms with Crippen LogP contribution in [0.2, 0.25) is 20.1 Å². The van der Waals surface area contributed by atoms with Crippen molar-refractivity contribution in [3.63, 3.8) is 0 Å². The highest BCUT2D eigenvalue weighted by atomic mass is 35.5. The van der Waals surface area contributed by atoms with Crippen molar-refractivity contribution in [3.05, 3.63) is 91.4 Å². The van der Waals surface area contributed by atoms with Gasteiger partial charge in [-0.3, -0.25) is 4.55 Å². The molecule has 0 aliphatic carbocycles. The van der Waals surface area contributed by atoms with Crippen LogP contribution >= 0.6 is 46.4 Å². The van der Waals surface area contributed by atoms with Crippen LogP contribution in [0.1, 0.15) is 16.7 Å². The van der Waals surface area contributed by atoms with Crippen LogP contribution in [-0.4, -0.2) is 23.2 Å². The van der Waals surface area contributed by atoms with Gasteiger partial charge in [0.25, 0.3) is 10.1 Å². The Balaban J connectivity index is 2.66. The molecule has 152 valence electrons. The van der Waals surface area contributed by atoms with Crippen LogP contribution in [0.25, 0.3) is 0 Å². The van der Waals surface area contributed by atoms with Crippen LogP contribution in [0.4, 0.5) is 0 Å². The van der Waals surface area contributed by atoms with E-state index < -0.39 is 26.4 Å². The summed E-state index contributed by atoms with van der Waals surface area (Å²) < 4.78 is 33.9. The number of phenolic OH excluding ortho intramolecular Hbond substituents is 2. The predicted molar refractivity (Wildman–Crippen MR) is 114 cm³/mol. The van der Waals surface area contributed by atoms with Crippen LogP contribution < -0.4 is 0 Å². The highest BCUT2D eigenvalue weighted by Crippen LogP contribution is 2.54. The van der Waals surface area contributed by atoms with E-state index >= 15 is 0 Å². The molecular weight excluding hydrogens is 482 g/mol. The lowest BCUT2D eigenvalue weighted by molar-refractivity contribution is 0.428. The molecule has 0 saturated carbocycles. The van der Waals surface area contributed by atoms with E-state index in [4.69, 9.17) is 46.4 Å². The van der Waals surface area contributed by atoms with Gasteiger partial charge in [-0.2, -0.15) is 8.42 Å². The Morgan fingerprint density at radius 1 is 0.655 bits per heavy atom. The van der Waals surface area contributed by atoms with Crippen molar-refractivity contribution in [2.24, 2.45) is 0 Å². The first-order chi connectivity index (χ1) is 13.5. The minimum Gasteiger partial charge on any atom is -0.506 e. The highest BCUT2D eigenvalue weighted by Gasteiger charge is 2.53. The second-order valence-electron chi connectivity index (χ2n) is 6.03. The van der Waals surface area contributed by atoms with Crippen molar-refractivity contribution in [1.29, 1.82) is 0 Å². The lowest BCUT2D eigenvalue weighted by Crippen LogP contribution is -2.38. The average Bonchev–Trinajstić information content (AvgIpc) is 2.65. The van der Waals surface area contributed by atoms with E-state index in [9.17, 15) is 23.2 Å². The lowest BCUT2D eigenvalue weighted by Gasteiger charge is -2.34. The molecule has 0 fully saturated rings. The van der Waals surface area contributed by atoms with E-state index in [-0.39, 0.29) is 36.8 Å². The van der Waals surface area contributed by atoms with Crippen LogP contribution in [0.3, 0.4) is 0 Å². The number of benzene rings is 3. The van der Waals surface area contributed by atoms with Gasteiger partial charge in [0.1, 0.15) is 16.5 Å². The van der Waals surface area contributed by atoms with Crippen molar-refractivity contribution in [1.82, 2.24) is 0 Å². The third-order valence-corrected chi connectivity index (χ3v) is 7.32. The fraction of sp³-hybridized carbons (Fsp3) is 0.0526. The Hall–Kier alpha value is -1.67. The Labute approximate surface area is 186 Å². The predicted octanol–water partition coefficient (Wildman–Crippen LogP) is 5.89. The smallest absolute Gasteiger partial charge is 0.283 e. The van der Waals surface area contributed by atoms with E-state index in [0.717, 1.165) is 0 Å². The first kappa shape index (κ1) is 22.0. The molecule has 0 amide bonds. The third kappa shape index (κ3) is 3.44. The number of hydrogen-bond acceptors (Lipinski definition) is 4. The topological polar surface area (TPSA) is 94.8 Å². The molecule has 0 aromatic heterocycles. The summed E-state index contributed by atoms with van der Waals surface area (Å²) >= 11 is 24.3. The van der Waals surface area contributed by atoms with Gasteiger partial charge in [-0.25, -0.2) is 0 Å². The standard InChI is InChI=1S/C19H12Cl4O5S/c20-13-6-2-1-4-10(13)19(29(26,27)28,11-5-3-7-15(22)17(11)24)12-8-9-14(21)16(23)18(12)25/h1-9,24-25H,(H,26,27,28). The molecule has 3 rings (SSSR count). The fourth-order valence-electron chi connectivity index (χ4n) is 3.22. The number of hydrogen-bond donors (Lipinski definition) is 3. The first-order valence-corrected chi connectivity index (χ1v) is 10.9. The molecule has 3 N–H and O–H groups in total. The van der Waals surface area contributed by atoms with Crippen molar-refractivity contribution in [2.45, 2.75) is 4.75 Å². The molecule has 0 spiro atoms. The zero-order valence-electron chi connectivity index (χ0n) is 14.3. The van der Waals surface area contributed by atoms with Gasteiger partial charge in [0.2, 0.25) is 0 Å². The summed E-state index contributed by atoms with van der Waals surface area (Å²) in [5, 5.41) is 20.7. The second-order valence-corrected chi connectivity index (χ2v) is 9.19. The maximum absolute atomic E-state index is 13.0. The van der Waals surface area contributed by atoms with E-state index in [1.165, 1.54) is 48.5 Å². The summed E-state index contributed by atoms with van der Waals surface area (Å²) in [6.45, 7) is 0. The summed E-state index contributed by atoms with van der Waals surface area (Å²) in [7, 11) is -5.16. The van der Waals surface area contributed by atoms with Crippen LogP contribution in [0, 0.1) is 0 Å². The molecule has 0 heterocycles. The van der Waals surface area contributed by atoms with Crippen LogP contribution in [-0.2, 0) is 14.9 Å². The highest BCUT2D eigenvalue weighted by molar-refractivity contribution is 7.87. The molecule has 29 heavy (non-hydrogen) atoms. The van der Waals surface area contributed by atoms with Gasteiger partial charge < -0.3 is 10.2 Å². The first-order valence-electron chi connectivity index (χ1n) is 7.91. The summed E-state index contributed by atoms with van der Waals surface area (Å²) in [5.74, 6) is -1.34. The SMILES string of the molecule is O=S(=O)(O)C(c1ccccc1Cl)(c1cccc(Cl)c1O)c1ccc(Cl)c(Cl)c1O. The average molecular weight is 494 g/mol. The summed E-state index contributed by atoms with van der Waals surface area (Å²) in [6, 6.07) is 12.1. The number of aromatic hydroxyl groups is 2. The Morgan fingerprint density at radius 2 is 1.21 bits per heavy atom. The van der Waals surface area contributed by atoms with E-state index in [0.29, 0.717) is 0 Å². The number of halogens is 4. The van der Waals surface area contributed by atoms with Crippen molar-refractivity contribution in [3.8, 4) is 11.5 Å². The zero-order valence-corrected chi connectivity index (χ0v) is 18.1. The van der Waals surface area contributed by atoms with Gasteiger partial charge in [0.15, 0.2) is 4.75 Å². The van der Waals surface area contributed by atoms with Gasteiger partial charge in [-0.05, 0) is 18.2 Å². The third-order valence-electron chi connectivity index (χ3n) is 4.45. The molecule has 0 saturated heterocycles. The molecule has 5 nitrogen and oxygen atoms in total. The maximum atomic E-state index is 13.0. The molecule has 3 aromatic rings. The quantitative estimate of drug-likeness (QED) is 0.311. The van der Waals surface area contributed by atoms with Crippen LogP contribution in [0.15, 0.2) is 54.6 Å². The molecule has 0 bridgehead atoms. The van der Waals surface area contributed by atoms with E-state index in [2.05, 4.69) is 0 Å². The maximum Gasteiger partial charge on any atom is 0.283 e. The van der Waals surface area contributed by atoms with E-state index in [1.807, 2.05) is 0 Å². The largest absolute Gasteiger partial charge is 0.506 e. The Bertz CT molecular complexity index is 1210. The van der Waals surface area contributed by atoms with Crippen molar-refractivity contribution in [2.75, 3.05) is 0 Å². The molecule has 1 atom stereocenters. The molecule has 10 heteroatoms. The minimum atomic E-state index is -5.16. The van der Waals surface area contributed by atoms with Gasteiger partial charge in [-0.15, -0.1) is 0 Å². The molecule has 3 aromatic carbocycles. The van der Waals surface area contributed by atoms with Gasteiger partial charge in [0, 0.05) is 21.7 Å². The lowest BCUT2D eigenvalue weighted by atomic mass is 9.83. The molecule has 0 radical (unpaired) electrons. The summed E-state index contributed by atoms with van der Waals surface area (Å²) in [6.07, 6.45) is 0. The summed E-state index contributed by atoms with van der Waals surface area (Å²) in [5.41, 5.74) is -0.857. The molecule has 0 aliphatic heterocycles. The van der Waals surface area contributed by atoms with Crippen molar-refractivity contribution < 1.29 is 23.2 Å².